The lowest BCUT2D eigenvalue weighted by molar-refractivity contribution is -0.119. The van der Waals surface area contributed by atoms with Crippen molar-refractivity contribution >= 4 is 11.6 Å². The number of nitrogens with one attached hydrogen (secondary N) is 1. The van der Waals surface area contributed by atoms with Crippen molar-refractivity contribution in [3.8, 4) is 0 Å². The monoisotopic (exact) mass is 277 g/mol. The molecule has 0 bridgehead atoms. The number of aryl methyl sites for hydroxylation is 1. The lowest BCUT2D eigenvalue weighted by Crippen LogP contribution is -2.48. The van der Waals surface area contributed by atoms with E-state index in [0.717, 1.165) is 24.3 Å². The first-order valence-corrected chi connectivity index (χ1v) is 7.00. The second-order valence-electron chi connectivity index (χ2n) is 5.26. The summed E-state index contributed by atoms with van der Waals surface area (Å²) in [7, 11) is 0. The van der Waals surface area contributed by atoms with Crippen LogP contribution in [0.15, 0.2) is 18.2 Å². The summed E-state index contributed by atoms with van der Waals surface area (Å²) in [4.78, 5) is 14.2. The largest absolute Gasteiger partial charge is 0.374 e. The number of hydrogen-bond donors (Lipinski definition) is 2. The Morgan fingerprint density at radius 2 is 2.30 bits per heavy atom. The second-order valence-corrected chi connectivity index (χ2v) is 5.26. The number of carbonyl (C=O) groups excluding carboxylic acids is 1. The molecule has 1 amide bonds. The third kappa shape index (κ3) is 3.79. The molecule has 1 fully saturated rings. The number of benzene rings is 1. The molecule has 0 aliphatic carbocycles. The van der Waals surface area contributed by atoms with Crippen LogP contribution in [0, 0.1) is 13.8 Å². The van der Waals surface area contributed by atoms with Gasteiger partial charge in [0.15, 0.2) is 0 Å². The van der Waals surface area contributed by atoms with Crippen molar-refractivity contribution in [2.24, 2.45) is 5.73 Å². The topological polar surface area (TPSA) is 67.6 Å². The number of nitrogens with zero attached hydrogens (tertiary/aromatic N) is 1. The van der Waals surface area contributed by atoms with E-state index in [2.05, 4.69) is 10.2 Å². The Bertz CT molecular complexity index is 476. The highest BCUT2D eigenvalue weighted by atomic mass is 16.5. The molecule has 1 saturated heterocycles. The number of nitrogens with two attached hydrogens (primary N) is 1. The van der Waals surface area contributed by atoms with E-state index in [9.17, 15) is 4.79 Å². The van der Waals surface area contributed by atoms with Gasteiger partial charge in [-0.1, -0.05) is 12.1 Å². The summed E-state index contributed by atoms with van der Waals surface area (Å²) in [6.07, 6.45) is 0.0391. The van der Waals surface area contributed by atoms with Gasteiger partial charge in [0.25, 0.3) is 0 Å². The summed E-state index contributed by atoms with van der Waals surface area (Å²) in [5.74, 6) is 0.0105. The van der Waals surface area contributed by atoms with Gasteiger partial charge in [0.2, 0.25) is 5.91 Å². The van der Waals surface area contributed by atoms with Gasteiger partial charge in [-0.25, -0.2) is 0 Å². The van der Waals surface area contributed by atoms with Gasteiger partial charge in [-0.3, -0.25) is 9.69 Å². The average molecular weight is 277 g/mol. The van der Waals surface area contributed by atoms with Gasteiger partial charge in [-0.2, -0.15) is 0 Å². The second kappa shape index (κ2) is 6.83. The van der Waals surface area contributed by atoms with E-state index in [0.29, 0.717) is 19.7 Å². The molecule has 0 spiro atoms. The molecule has 110 valence electrons. The zero-order valence-electron chi connectivity index (χ0n) is 12.2. The van der Waals surface area contributed by atoms with Crippen molar-refractivity contribution in [2.75, 3.05) is 38.1 Å². The van der Waals surface area contributed by atoms with Crippen molar-refractivity contribution in [1.29, 1.82) is 0 Å². The SMILES string of the molecule is Cc1cccc(NC(=O)CN2CCOC(CN)C2)c1C. The zero-order valence-corrected chi connectivity index (χ0v) is 12.2. The molecule has 0 aromatic heterocycles. The molecule has 1 aromatic carbocycles. The maximum atomic E-state index is 12.1. The minimum absolute atomic E-state index is 0.0105. The van der Waals surface area contributed by atoms with Crippen molar-refractivity contribution in [2.45, 2.75) is 20.0 Å². The molecular weight excluding hydrogens is 254 g/mol. The molecule has 1 aliphatic heterocycles. The highest BCUT2D eigenvalue weighted by molar-refractivity contribution is 5.93. The number of carbonyl (C=O) groups is 1. The number of morpholine rings is 1. The fraction of sp³-hybridized carbons (Fsp3) is 0.533. The zero-order chi connectivity index (χ0) is 14.5. The van der Waals surface area contributed by atoms with Gasteiger partial charge in [-0.05, 0) is 31.0 Å². The Morgan fingerprint density at radius 3 is 3.05 bits per heavy atom. The minimum Gasteiger partial charge on any atom is -0.374 e. The molecule has 5 nitrogen and oxygen atoms in total. The van der Waals surface area contributed by atoms with Crippen LogP contribution in [0.4, 0.5) is 5.69 Å². The number of ether oxygens (including phenoxy) is 1. The predicted molar refractivity (Wildman–Crippen MR) is 79.8 cm³/mol. The lowest BCUT2D eigenvalue weighted by Gasteiger charge is -2.31. The minimum atomic E-state index is 0.0105. The fourth-order valence-corrected chi connectivity index (χ4v) is 2.35. The van der Waals surface area contributed by atoms with Crippen LogP contribution < -0.4 is 11.1 Å². The standard InChI is InChI=1S/C15H23N3O2/c1-11-4-3-5-14(12(11)2)17-15(19)10-18-6-7-20-13(8-16)9-18/h3-5,13H,6-10,16H2,1-2H3,(H,17,19). The van der Waals surface area contributed by atoms with Crippen LogP contribution in [0.3, 0.4) is 0 Å². The van der Waals surface area contributed by atoms with E-state index < -0.39 is 0 Å². The highest BCUT2D eigenvalue weighted by Crippen LogP contribution is 2.17. The number of hydrogen-bond acceptors (Lipinski definition) is 4. The smallest absolute Gasteiger partial charge is 0.238 e. The van der Waals surface area contributed by atoms with Crippen LogP contribution in [-0.4, -0.2) is 49.7 Å². The normalized spacial score (nSPS) is 19.9. The third-order valence-electron chi connectivity index (χ3n) is 3.73. The molecular formula is C15H23N3O2. The number of amides is 1. The van der Waals surface area contributed by atoms with Gasteiger partial charge >= 0.3 is 0 Å². The van der Waals surface area contributed by atoms with Crippen LogP contribution in [-0.2, 0) is 9.53 Å². The van der Waals surface area contributed by atoms with E-state index >= 15 is 0 Å². The molecule has 5 heteroatoms. The van der Waals surface area contributed by atoms with Gasteiger partial charge in [0.1, 0.15) is 0 Å². The van der Waals surface area contributed by atoms with Crippen molar-refractivity contribution in [3.63, 3.8) is 0 Å². The highest BCUT2D eigenvalue weighted by Gasteiger charge is 2.21. The summed E-state index contributed by atoms with van der Waals surface area (Å²) >= 11 is 0. The molecule has 3 N–H and O–H groups in total. The average Bonchev–Trinajstić information content (AvgIpc) is 2.44. The molecule has 20 heavy (non-hydrogen) atoms. The summed E-state index contributed by atoms with van der Waals surface area (Å²) in [6.45, 7) is 7.07. The number of rotatable bonds is 4. The molecule has 2 rings (SSSR count). The van der Waals surface area contributed by atoms with Gasteiger partial charge in [0, 0.05) is 25.3 Å². The van der Waals surface area contributed by atoms with Crippen LogP contribution in [0.2, 0.25) is 0 Å². The van der Waals surface area contributed by atoms with E-state index in [1.165, 1.54) is 5.56 Å². The maximum absolute atomic E-state index is 12.1. The summed E-state index contributed by atoms with van der Waals surface area (Å²) < 4.78 is 5.49. The van der Waals surface area contributed by atoms with Crippen LogP contribution >= 0.6 is 0 Å². The van der Waals surface area contributed by atoms with Crippen molar-refractivity contribution in [3.05, 3.63) is 29.3 Å². The fourth-order valence-electron chi connectivity index (χ4n) is 2.35. The Kier molecular flexibility index (Phi) is 5.11. The molecule has 1 aromatic rings. The van der Waals surface area contributed by atoms with E-state index in [4.69, 9.17) is 10.5 Å². The van der Waals surface area contributed by atoms with Crippen molar-refractivity contribution < 1.29 is 9.53 Å². The Morgan fingerprint density at radius 1 is 1.50 bits per heavy atom. The Labute approximate surface area is 120 Å². The third-order valence-corrected chi connectivity index (χ3v) is 3.73. The van der Waals surface area contributed by atoms with Crippen LogP contribution in [0.1, 0.15) is 11.1 Å². The first-order chi connectivity index (χ1) is 9.60. The van der Waals surface area contributed by atoms with Gasteiger partial charge < -0.3 is 15.8 Å². The molecule has 0 radical (unpaired) electrons. The Hall–Kier alpha value is -1.43. The molecule has 1 aliphatic rings. The van der Waals surface area contributed by atoms with E-state index in [1.807, 2.05) is 32.0 Å². The molecule has 1 atom stereocenters. The molecule has 1 heterocycles. The summed E-state index contributed by atoms with van der Waals surface area (Å²) in [6, 6.07) is 5.93. The van der Waals surface area contributed by atoms with Crippen LogP contribution in [0.25, 0.3) is 0 Å². The summed E-state index contributed by atoms with van der Waals surface area (Å²) in [5.41, 5.74) is 8.78. The Balaban J connectivity index is 1.90. The van der Waals surface area contributed by atoms with E-state index in [1.54, 1.807) is 0 Å². The lowest BCUT2D eigenvalue weighted by atomic mass is 10.1. The van der Waals surface area contributed by atoms with E-state index in [-0.39, 0.29) is 12.0 Å². The van der Waals surface area contributed by atoms with Gasteiger partial charge in [0.05, 0.1) is 19.3 Å². The molecule has 1 unspecified atom stereocenters. The first-order valence-electron chi connectivity index (χ1n) is 7.00. The number of anilines is 1. The van der Waals surface area contributed by atoms with Crippen molar-refractivity contribution in [1.82, 2.24) is 4.90 Å². The maximum Gasteiger partial charge on any atom is 0.238 e. The first kappa shape index (κ1) is 15.0. The quantitative estimate of drug-likeness (QED) is 0.858. The van der Waals surface area contributed by atoms with Gasteiger partial charge in [-0.15, -0.1) is 0 Å². The molecule has 0 saturated carbocycles. The van der Waals surface area contributed by atoms with Crippen LogP contribution in [0.5, 0.6) is 0 Å². The predicted octanol–water partition coefficient (Wildman–Crippen LogP) is 0.901. The summed E-state index contributed by atoms with van der Waals surface area (Å²) in [5, 5.41) is 2.98.